The molecule has 0 radical (unpaired) electrons. The number of alkyl halides is 1. The molecule has 0 amide bonds. The molecule has 7 heteroatoms. The molecule has 1 aromatic rings. The molecule has 5 nitrogen and oxygen atoms in total. The predicted molar refractivity (Wildman–Crippen MR) is 80.3 cm³/mol. The Bertz CT molecular complexity index is 544. The molecule has 0 bridgehead atoms. The summed E-state index contributed by atoms with van der Waals surface area (Å²) in [7, 11) is -3.08. The van der Waals surface area contributed by atoms with E-state index < -0.39 is 10.0 Å². The number of nitrogens with zero attached hydrogens (tertiary/aromatic N) is 3. The van der Waals surface area contributed by atoms with Gasteiger partial charge < -0.3 is 0 Å². The van der Waals surface area contributed by atoms with Crippen LogP contribution >= 0.6 is 11.6 Å². The van der Waals surface area contributed by atoms with Crippen LogP contribution in [0.3, 0.4) is 0 Å². The molecule has 0 spiro atoms. The van der Waals surface area contributed by atoms with Crippen LogP contribution in [0.4, 0.5) is 0 Å². The summed E-state index contributed by atoms with van der Waals surface area (Å²) in [6, 6.07) is 0. The van der Waals surface area contributed by atoms with E-state index in [0.717, 1.165) is 31.4 Å². The van der Waals surface area contributed by atoms with Gasteiger partial charge in [0.15, 0.2) is 0 Å². The fraction of sp³-hybridized carbons (Fsp3) is 0.769. The van der Waals surface area contributed by atoms with Gasteiger partial charge in [-0.2, -0.15) is 5.10 Å². The molecule has 2 unspecified atom stereocenters. The summed E-state index contributed by atoms with van der Waals surface area (Å²) >= 11 is 6.19. The van der Waals surface area contributed by atoms with Gasteiger partial charge in [-0.05, 0) is 25.2 Å². The lowest BCUT2D eigenvalue weighted by Crippen LogP contribution is -2.40. The van der Waals surface area contributed by atoms with E-state index in [1.54, 1.807) is 10.5 Å². The molecule has 0 aliphatic carbocycles. The van der Waals surface area contributed by atoms with E-state index in [4.69, 9.17) is 11.6 Å². The number of aromatic nitrogens is 2. The SMILES string of the molecule is CCC(Cl)c1cnn(CC2CCCN(S(C)(=O)=O)C2)c1. The van der Waals surface area contributed by atoms with Crippen molar-refractivity contribution >= 4 is 21.6 Å². The zero-order chi connectivity index (χ0) is 14.8. The Morgan fingerprint density at radius 2 is 2.30 bits per heavy atom. The Kier molecular flexibility index (Phi) is 5.09. The van der Waals surface area contributed by atoms with Gasteiger partial charge in [0, 0.05) is 31.4 Å². The van der Waals surface area contributed by atoms with Crippen LogP contribution in [0, 0.1) is 5.92 Å². The molecule has 1 saturated heterocycles. The van der Waals surface area contributed by atoms with Crippen molar-refractivity contribution in [3.05, 3.63) is 18.0 Å². The molecule has 1 aliphatic heterocycles. The number of rotatable bonds is 5. The van der Waals surface area contributed by atoms with Crippen LogP contribution in [-0.2, 0) is 16.6 Å². The van der Waals surface area contributed by atoms with Gasteiger partial charge in [0.05, 0.1) is 17.8 Å². The molecule has 20 heavy (non-hydrogen) atoms. The maximum Gasteiger partial charge on any atom is 0.211 e. The van der Waals surface area contributed by atoms with Crippen LogP contribution in [0.25, 0.3) is 0 Å². The Hall–Kier alpha value is -0.590. The Morgan fingerprint density at radius 3 is 2.95 bits per heavy atom. The number of hydrogen-bond donors (Lipinski definition) is 0. The molecular weight excluding hydrogens is 298 g/mol. The van der Waals surface area contributed by atoms with Crippen molar-refractivity contribution in [2.75, 3.05) is 19.3 Å². The zero-order valence-corrected chi connectivity index (χ0v) is 13.6. The topological polar surface area (TPSA) is 55.2 Å². The van der Waals surface area contributed by atoms with E-state index in [9.17, 15) is 8.42 Å². The van der Waals surface area contributed by atoms with Crippen LogP contribution in [0.2, 0.25) is 0 Å². The van der Waals surface area contributed by atoms with Crippen molar-refractivity contribution < 1.29 is 8.42 Å². The summed E-state index contributed by atoms with van der Waals surface area (Å²) in [5.74, 6) is 0.321. The Balaban J connectivity index is 1.98. The number of halogens is 1. The highest BCUT2D eigenvalue weighted by molar-refractivity contribution is 7.88. The smallest absolute Gasteiger partial charge is 0.211 e. The third-order valence-corrected chi connectivity index (χ3v) is 5.60. The van der Waals surface area contributed by atoms with Crippen LogP contribution in [0.15, 0.2) is 12.4 Å². The second kappa shape index (κ2) is 6.45. The number of sulfonamides is 1. The molecule has 1 aliphatic rings. The molecule has 0 N–H and O–H groups in total. The highest BCUT2D eigenvalue weighted by Crippen LogP contribution is 2.24. The van der Waals surface area contributed by atoms with E-state index in [2.05, 4.69) is 5.10 Å². The number of piperidine rings is 1. The maximum absolute atomic E-state index is 11.6. The van der Waals surface area contributed by atoms with Gasteiger partial charge in [0.2, 0.25) is 10.0 Å². The fourth-order valence-electron chi connectivity index (χ4n) is 2.62. The van der Waals surface area contributed by atoms with E-state index in [1.165, 1.54) is 6.26 Å². The summed E-state index contributed by atoms with van der Waals surface area (Å²) in [5, 5.41) is 4.33. The lowest BCUT2D eigenvalue weighted by atomic mass is 10.00. The molecule has 2 heterocycles. The minimum absolute atomic E-state index is 0.00243. The molecular formula is C13H22ClN3O2S. The van der Waals surface area contributed by atoms with Crippen molar-refractivity contribution in [3.63, 3.8) is 0 Å². The highest BCUT2D eigenvalue weighted by atomic mass is 35.5. The van der Waals surface area contributed by atoms with Gasteiger partial charge in [-0.3, -0.25) is 4.68 Å². The Labute approximate surface area is 126 Å². The van der Waals surface area contributed by atoms with Gasteiger partial charge in [0.25, 0.3) is 0 Å². The maximum atomic E-state index is 11.6. The van der Waals surface area contributed by atoms with E-state index >= 15 is 0 Å². The van der Waals surface area contributed by atoms with Crippen molar-refractivity contribution in [1.82, 2.24) is 14.1 Å². The molecule has 114 valence electrons. The van der Waals surface area contributed by atoms with Gasteiger partial charge in [-0.1, -0.05) is 6.92 Å². The van der Waals surface area contributed by atoms with Gasteiger partial charge in [-0.25, -0.2) is 12.7 Å². The first kappa shape index (κ1) is 15.8. The molecule has 2 rings (SSSR count). The van der Waals surface area contributed by atoms with Crippen LogP contribution in [0.5, 0.6) is 0 Å². The molecule has 1 fully saturated rings. The first-order valence-corrected chi connectivity index (χ1v) is 9.30. The molecule has 2 atom stereocenters. The second-order valence-electron chi connectivity index (χ2n) is 5.50. The summed E-state index contributed by atoms with van der Waals surface area (Å²) in [6.45, 7) is 4.02. The van der Waals surface area contributed by atoms with Crippen molar-refractivity contribution in [3.8, 4) is 0 Å². The van der Waals surface area contributed by atoms with E-state index in [0.29, 0.717) is 19.0 Å². The lowest BCUT2D eigenvalue weighted by Gasteiger charge is -2.30. The lowest BCUT2D eigenvalue weighted by molar-refractivity contribution is 0.240. The number of hydrogen-bond acceptors (Lipinski definition) is 3. The van der Waals surface area contributed by atoms with E-state index in [-0.39, 0.29) is 5.38 Å². The second-order valence-corrected chi connectivity index (χ2v) is 8.01. The van der Waals surface area contributed by atoms with Crippen molar-refractivity contribution in [2.24, 2.45) is 5.92 Å². The quantitative estimate of drug-likeness (QED) is 0.782. The standard InChI is InChI=1S/C13H22ClN3O2S/c1-3-13(14)12-7-15-16(10-12)8-11-5-4-6-17(9-11)20(2,18)19/h7,10-11,13H,3-6,8-9H2,1-2H3. The predicted octanol–water partition coefficient (Wildman–Crippen LogP) is 2.24. The minimum atomic E-state index is -3.08. The first-order chi connectivity index (χ1) is 9.40. The van der Waals surface area contributed by atoms with Crippen molar-refractivity contribution in [1.29, 1.82) is 0 Å². The molecule has 0 aromatic carbocycles. The normalized spacial score (nSPS) is 22.9. The van der Waals surface area contributed by atoms with Gasteiger partial charge in [-0.15, -0.1) is 11.6 Å². The average Bonchev–Trinajstić information content (AvgIpc) is 2.85. The van der Waals surface area contributed by atoms with Gasteiger partial charge in [0.1, 0.15) is 0 Å². The largest absolute Gasteiger partial charge is 0.272 e. The summed E-state index contributed by atoms with van der Waals surface area (Å²) in [6.07, 6.45) is 7.89. The minimum Gasteiger partial charge on any atom is -0.272 e. The highest BCUT2D eigenvalue weighted by Gasteiger charge is 2.26. The first-order valence-electron chi connectivity index (χ1n) is 7.01. The summed E-state index contributed by atoms with van der Waals surface area (Å²) in [5.41, 5.74) is 1.03. The summed E-state index contributed by atoms with van der Waals surface area (Å²) in [4.78, 5) is 0. The average molecular weight is 320 g/mol. The van der Waals surface area contributed by atoms with Crippen LogP contribution in [-0.4, -0.2) is 41.8 Å². The van der Waals surface area contributed by atoms with Crippen LogP contribution < -0.4 is 0 Å². The zero-order valence-electron chi connectivity index (χ0n) is 12.0. The van der Waals surface area contributed by atoms with E-state index in [1.807, 2.05) is 17.8 Å². The molecule has 0 saturated carbocycles. The third kappa shape index (κ3) is 3.96. The van der Waals surface area contributed by atoms with Crippen molar-refractivity contribution in [2.45, 2.75) is 38.1 Å². The van der Waals surface area contributed by atoms with Gasteiger partial charge >= 0.3 is 0 Å². The third-order valence-electron chi connectivity index (χ3n) is 3.77. The fourth-order valence-corrected chi connectivity index (χ4v) is 3.67. The molecule has 1 aromatic heterocycles. The monoisotopic (exact) mass is 319 g/mol. The Morgan fingerprint density at radius 1 is 1.55 bits per heavy atom. The summed E-state index contributed by atoms with van der Waals surface area (Å²) < 4.78 is 26.7. The van der Waals surface area contributed by atoms with Crippen LogP contribution in [0.1, 0.15) is 37.1 Å².